The summed E-state index contributed by atoms with van der Waals surface area (Å²) < 4.78 is 7.46. The minimum atomic E-state index is -1.13. The second-order valence-corrected chi connectivity index (χ2v) is 14.8. The molecule has 46 heavy (non-hydrogen) atoms. The Balaban J connectivity index is 1.04. The Kier molecular flexibility index (Phi) is 9.35. The van der Waals surface area contributed by atoms with Crippen molar-refractivity contribution in [3.05, 3.63) is 76.8 Å². The summed E-state index contributed by atoms with van der Waals surface area (Å²) >= 11 is 3.44. The van der Waals surface area contributed by atoms with E-state index in [1.807, 2.05) is 36.4 Å². The van der Waals surface area contributed by atoms with E-state index in [1.165, 1.54) is 24.8 Å². The molecule has 9 heteroatoms. The van der Waals surface area contributed by atoms with Gasteiger partial charge in [-0.2, -0.15) is 0 Å². The number of halogens is 1. The van der Waals surface area contributed by atoms with Gasteiger partial charge in [0.2, 0.25) is 17.7 Å². The number of nitrogens with one attached hydrogen (secondary N) is 2. The number of benzene rings is 2. The first kappa shape index (κ1) is 31.6. The molecule has 0 radical (unpaired) electrons. The first-order valence-corrected chi connectivity index (χ1v) is 18.0. The molecule has 5 atom stereocenters. The van der Waals surface area contributed by atoms with Crippen LogP contribution in [-0.4, -0.2) is 77.5 Å². The quantitative estimate of drug-likeness (QED) is 0.330. The molecule has 2 aromatic carbocycles. The molecule has 4 heterocycles. The second-order valence-electron chi connectivity index (χ2n) is 13.9. The molecule has 8 nitrogen and oxygen atoms in total. The van der Waals surface area contributed by atoms with Crippen molar-refractivity contribution < 1.29 is 19.1 Å². The average molecular weight is 690 g/mol. The molecule has 1 saturated carbocycles. The van der Waals surface area contributed by atoms with Crippen molar-refractivity contribution in [1.82, 2.24) is 15.1 Å². The Morgan fingerprint density at radius 3 is 2.39 bits per heavy atom. The van der Waals surface area contributed by atoms with Crippen LogP contribution in [0.2, 0.25) is 0 Å². The first-order valence-electron chi connectivity index (χ1n) is 17.2. The normalized spacial score (nSPS) is 29.7. The van der Waals surface area contributed by atoms with Crippen LogP contribution in [-0.2, 0) is 25.5 Å². The Bertz CT molecular complexity index is 1440. The molecule has 2 aromatic rings. The predicted molar refractivity (Wildman–Crippen MR) is 181 cm³/mol. The van der Waals surface area contributed by atoms with Crippen LogP contribution >= 0.6 is 15.9 Å². The van der Waals surface area contributed by atoms with E-state index < -0.39 is 29.6 Å². The molecular formula is C37H45BrN4O4. The Morgan fingerprint density at radius 2 is 1.65 bits per heavy atom. The molecule has 3 amide bonds. The van der Waals surface area contributed by atoms with Gasteiger partial charge in [0.1, 0.15) is 11.6 Å². The molecule has 2 N–H and O–H groups in total. The van der Waals surface area contributed by atoms with Gasteiger partial charge in [-0.1, -0.05) is 77.7 Å². The van der Waals surface area contributed by atoms with Gasteiger partial charge in [0, 0.05) is 22.7 Å². The van der Waals surface area contributed by atoms with Crippen LogP contribution in [0.3, 0.4) is 0 Å². The fourth-order valence-corrected chi connectivity index (χ4v) is 8.88. The molecule has 5 aliphatic rings. The smallest absolute Gasteiger partial charge is 0.246 e. The summed E-state index contributed by atoms with van der Waals surface area (Å²) in [6.07, 6.45) is 12.8. The summed E-state index contributed by atoms with van der Waals surface area (Å²) in [7, 11) is 0. The fourth-order valence-electron chi connectivity index (χ4n) is 8.62. The third-order valence-electron chi connectivity index (χ3n) is 10.9. The lowest BCUT2D eigenvalue weighted by Crippen LogP contribution is -2.56. The van der Waals surface area contributed by atoms with E-state index in [4.69, 9.17) is 4.74 Å². The summed E-state index contributed by atoms with van der Waals surface area (Å²) in [4.78, 5) is 46.4. The number of rotatable bonds is 10. The van der Waals surface area contributed by atoms with Crippen molar-refractivity contribution in [2.24, 2.45) is 17.8 Å². The topological polar surface area (TPSA) is 91.0 Å². The van der Waals surface area contributed by atoms with Gasteiger partial charge in [-0.15, -0.1) is 0 Å². The number of hydrogen-bond donors (Lipinski definition) is 2. The van der Waals surface area contributed by atoms with Crippen LogP contribution in [0.5, 0.6) is 0 Å². The number of anilines is 1. The van der Waals surface area contributed by atoms with Crippen LogP contribution in [0.15, 0.2) is 71.2 Å². The second kappa shape index (κ2) is 13.6. The Hall–Kier alpha value is -3.01. The predicted octanol–water partition coefficient (Wildman–Crippen LogP) is 5.33. The van der Waals surface area contributed by atoms with Crippen LogP contribution in [0.4, 0.5) is 5.69 Å². The van der Waals surface area contributed by atoms with Crippen LogP contribution in [0.25, 0.3) is 0 Å². The zero-order chi connectivity index (χ0) is 31.7. The molecule has 0 aromatic heterocycles. The molecule has 3 saturated heterocycles. The lowest BCUT2D eigenvalue weighted by Gasteiger charge is -2.35. The summed E-state index contributed by atoms with van der Waals surface area (Å²) in [5, 5.41) is 6.30. The highest BCUT2D eigenvalue weighted by molar-refractivity contribution is 9.10. The van der Waals surface area contributed by atoms with E-state index in [0.717, 1.165) is 62.6 Å². The largest absolute Gasteiger partial charge is 0.359 e. The number of likely N-dealkylation sites (tertiary alicyclic amines) is 2. The molecule has 2 bridgehead atoms. The van der Waals surface area contributed by atoms with Crippen molar-refractivity contribution >= 4 is 39.3 Å². The van der Waals surface area contributed by atoms with E-state index in [2.05, 4.69) is 61.8 Å². The van der Waals surface area contributed by atoms with Crippen molar-refractivity contribution in [2.45, 2.75) is 81.6 Å². The maximum atomic E-state index is 14.3. The third kappa shape index (κ3) is 6.30. The molecule has 1 spiro atoms. The molecular weight excluding hydrogens is 644 g/mol. The van der Waals surface area contributed by atoms with Gasteiger partial charge >= 0.3 is 0 Å². The Labute approximate surface area is 280 Å². The number of carbonyl (C=O) groups excluding carboxylic acids is 3. The highest BCUT2D eigenvalue weighted by Gasteiger charge is 2.72. The van der Waals surface area contributed by atoms with Crippen LogP contribution in [0.1, 0.15) is 56.9 Å². The van der Waals surface area contributed by atoms with E-state index in [1.54, 1.807) is 4.90 Å². The standard InChI is InChI=1S/C37H45BrN4O4/c38-27-12-14-29(15-13-27)39-34(43)31-30-16-19-37(46-30)32(31)36(45)42(33(37)35(44)40-28-10-5-2-6-11-28)21-7-20-41-22-17-26(18-23-41)24-25-8-3-1-4-9-25/h1,3-4,8-9,12-16,19,26,28,30-33H,2,5-7,10-11,17-18,20-24H2,(H,39,43)(H,40,44). The van der Waals surface area contributed by atoms with Crippen LogP contribution < -0.4 is 10.6 Å². The molecule has 4 fully saturated rings. The van der Waals surface area contributed by atoms with Crippen LogP contribution in [0, 0.1) is 17.8 Å². The summed E-state index contributed by atoms with van der Waals surface area (Å²) in [6, 6.07) is 17.5. The fraction of sp³-hybridized carbons (Fsp3) is 0.541. The average Bonchev–Trinajstić information content (AvgIpc) is 3.71. The summed E-state index contributed by atoms with van der Waals surface area (Å²) in [5.41, 5.74) is 0.943. The maximum absolute atomic E-state index is 14.3. The summed E-state index contributed by atoms with van der Waals surface area (Å²) in [5.74, 6) is -1.26. The van der Waals surface area contributed by atoms with E-state index >= 15 is 0 Å². The molecule has 5 unspecified atom stereocenters. The first-order chi connectivity index (χ1) is 22.4. The maximum Gasteiger partial charge on any atom is 0.246 e. The van der Waals surface area contributed by atoms with Gasteiger partial charge in [0.05, 0.1) is 17.9 Å². The van der Waals surface area contributed by atoms with E-state index in [0.29, 0.717) is 18.2 Å². The minimum Gasteiger partial charge on any atom is -0.359 e. The lowest BCUT2D eigenvalue weighted by atomic mass is 9.74. The summed E-state index contributed by atoms with van der Waals surface area (Å²) in [6.45, 7) is 3.45. The molecule has 244 valence electrons. The number of carbonyl (C=O) groups is 3. The number of amides is 3. The van der Waals surface area contributed by atoms with Crippen molar-refractivity contribution in [1.29, 1.82) is 0 Å². The highest BCUT2D eigenvalue weighted by atomic mass is 79.9. The molecule has 1 aliphatic carbocycles. The number of hydrogen-bond acceptors (Lipinski definition) is 5. The molecule has 7 rings (SSSR count). The van der Waals surface area contributed by atoms with Gasteiger partial charge < -0.3 is 25.2 Å². The zero-order valence-corrected chi connectivity index (χ0v) is 28.0. The van der Waals surface area contributed by atoms with E-state index in [9.17, 15) is 14.4 Å². The van der Waals surface area contributed by atoms with Gasteiger partial charge in [0.15, 0.2) is 0 Å². The third-order valence-corrected chi connectivity index (χ3v) is 11.5. The Morgan fingerprint density at radius 1 is 0.913 bits per heavy atom. The number of ether oxygens (including phenoxy) is 1. The van der Waals surface area contributed by atoms with Gasteiger partial charge in [0.25, 0.3) is 0 Å². The minimum absolute atomic E-state index is 0.116. The SMILES string of the molecule is O=C(Nc1ccc(Br)cc1)C1C2C=CC3(O2)C1C(=O)N(CCCN1CCC(Cc2ccccc2)CC1)C3C(=O)NC1CCCCC1. The van der Waals surface area contributed by atoms with Crippen molar-refractivity contribution in [3.8, 4) is 0 Å². The molecule has 4 aliphatic heterocycles. The van der Waals surface area contributed by atoms with Crippen molar-refractivity contribution in [3.63, 3.8) is 0 Å². The van der Waals surface area contributed by atoms with E-state index in [-0.39, 0.29) is 23.8 Å². The number of piperidine rings is 1. The highest BCUT2D eigenvalue weighted by Crippen LogP contribution is 2.55. The number of nitrogens with zero attached hydrogens (tertiary/aromatic N) is 2. The van der Waals surface area contributed by atoms with Gasteiger partial charge in [-0.3, -0.25) is 14.4 Å². The number of fused-ring (bicyclic) bond motifs is 1. The van der Waals surface area contributed by atoms with Crippen molar-refractivity contribution in [2.75, 3.05) is 31.5 Å². The van der Waals surface area contributed by atoms with Gasteiger partial charge in [-0.25, -0.2) is 0 Å². The van der Waals surface area contributed by atoms with Gasteiger partial charge in [-0.05, 0) is 93.9 Å². The zero-order valence-electron chi connectivity index (χ0n) is 26.4. The monoisotopic (exact) mass is 688 g/mol. The lowest BCUT2D eigenvalue weighted by molar-refractivity contribution is -0.141.